The maximum Gasteiger partial charge on any atom is 0.322 e. The van der Waals surface area contributed by atoms with Gasteiger partial charge in [0.1, 0.15) is 0 Å². The van der Waals surface area contributed by atoms with E-state index in [-0.39, 0.29) is 18.0 Å². The van der Waals surface area contributed by atoms with Crippen LogP contribution in [0.15, 0.2) is 65.1 Å². The van der Waals surface area contributed by atoms with Crippen LogP contribution in [-0.2, 0) is 16.1 Å². The van der Waals surface area contributed by atoms with Gasteiger partial charge in [0.15, 0.2) is 0 Å². The molecule has 1 aromatic heterocycles. The van der Waals surface area contributed by atoms with Crippen LogP contribution in [0.25, 0.3) is 11.5 Å². The molecule has 0 spiro atoms. The number of benzene rings is 2. The summed E-state index contributed by atoms with van der Waals surface area (Å²) in [5.74, 6) is 0.231. The molecule has 150 valence electrons. The molecule has 0 unspecified atom stereocenters. The standard InChI is InChI=1S/C22H24N4O3/c27-20(23-22-25-24-21(29-22)18-9-5-2-6-10-18)15-26-13-11-19(12-14-26)28-16-17-7-3-1-4-8-17/h1-10,19H,11-16H2,(H,23,25,27). The smallest absolute Gasteiger partial charge is 0.322 e. The molecule has 2 aromatic carbocycles. The van der Waals surface area contributed by atoms with Crippen molar-refractivity contribution >= 4 is 11.9 Å². The van der Waals surface area contributed by atoms with Crippen LogP contribution < -0.4 is 5.32 Å². The fraction of sp³-hybridized carbons (Fsp3) is 0.318. The van der Waals surface area contributed by atoms with Crippen LogP contribution in [0.4, 0.5) is 6.01 Å². The van der Waals surface area contributed by atoms with E-state index in [0.717, 1.165) is 31.5 Å². The van der Waals surface area contributed by atoms with Gasteiger partial charge < -0.3 is 9.15 Å². The summed E-state index contributed by atoms with van der Waals surface area (Å²) in [5.41, 5.74) is 2.00. The number of nitrogens with one attached hydrogen (secondary N) is 1. The lowest BCUT2D eigenvalue weighted by atomic mass is 10.1. The Hall–Kier alpha value is -3.03. The third-order valence-corrected chi connectivity index (χ3v) is 4.92. The number of piperidine rings is 1. The number of amides is 1. The monoisotopic (exact) mass is 392 g/mol. The molecule has 1 N–H and O–H groups in total. The largest absolute Gasteiger partial charge is 0.403 e. The second-order valence-corrected chi connectivity index (χ2v) is 7.10. The Balaban J connectivity index is 1.20. The maximum absolute atomic E-state index is 12.3. The number of hydrogen-bond donors (Lipinski definition) is 1. The van der Waals surface area contributed by atoms with Gasteiger partial charge in [-0.15, -0.1) is 5.10 Å². The number of hydrogen-bond acceptors (Lipinski definition) is 6. The average Bonchev–Trinajstić information content (AvgIpc) is 3.23. The zero-order chi connectivity index (χ0) is 19.9. The lowest BCUT2D eigenvalue weighted by molar-refractivity contribution is -0.118. The Kier molecular flexibility index (Phi) is 6.29. The van der Waals surface area contributed by atoms with E-state index in [2.05, 4.69) is 32.5 Å². The van der Waals surface area contributed by atoms with E-state index < -0.39 is 0 Å². The van der Waals surface area contributed by atoms with Crippen LogP contribution in [0.2, 0.25) is 0 Å². The van der Waals surface area contributed by atoms with Gasteiger partial charge in [-0.2, -0.15) is 0 Å². The quantitative estimate of drug-likeness (QED) is 0.664. The minimum absolute atomic E-state index is 0.120. The number of anilines is 1. The maximum atomic E-state index is 12.3. The molecule has 3 aromatic rings. The Bertz CT molecular complexity index is 906. The zero-order valence-corrected chi connectivity index (χ0v) is 16.2. The van der Waals surface area contributed by atoms with Crippen molar-refractivity contribution in [2.45, 2.75) is 25.6 Å². The highest BCUT2D eigenvalue weighted by molar-refractivity contribution is 5.90. The first-order valence-corrected chi connectivity index (χ1v) is 9.83. The highest BCUT2D eigenvalue weighted by Crippen LogP contribution is 2.19. The molecule has 0 atom stereocenters. The Morgan fingerprint density at radius 3 is 2.45 bits per heavy atom. The predicted molar refractivity (Wildman–Crippen MR) is 109 cm³/mol. The summed E-state index contributed by atoms with van der Waals surface area (Å²) in [7, 11) is 0. The predicted octanol–water partition coefficient (Wildman–Crippen LogP) is 3.36. The number of carbonyl (C=O) groups excluding carboxylic acids is 1. The average molecular weight is 392 g/mol. The van der Waals surface area contributed by atoms with Crippen molar-refractivity contribution in [1.29, 1.82) is 0 Å². The number of ether oxygens (including phenoxy) is 1. The molecule has 1 saturated heterocycles. The highest BCUT2D eigenvalue weighted by atomic mass is 16.5. The topological polar surface area (TPSA) is 80.5 Å². The fourth-order valence-electron chi connectivity index (χ4n) is 3.36. The molecule has 0 aliphatic carbocycles. The number of aromatic nitrogens is 2. The van der Waals surface area contributed by atoms with Gasteiger partial charge in [0.05, 0.1) is 19.3 Å². The molecular weight excluding hydrogens is 368 g/mol. The van der Waals surface area contributed by atoms with Crippen molar-refractivity contribution in [3.8, 4) is 11.5 Å². The number of nitrogens with zero attached hydrogens (tertiary/aromatic N) is 3. The van der Waals surface area contributed by atoms with Crippen LogP contribution in [0.3, 0.4) is 0 Å². The number of likely N-dealkylation sites (tertiary alicyclic amines) is 1. The van der Waals surface area contributed by atoms with E-state index in [9.17, 15) is 4.79 Å². The van der Waals surface area contributed by atoms with Gasteiger partial charge in [-0.05, 0) is 30.5 Å². The van der Waals surface area contributed by atoms with Crippen LogP contribution in [0.1, 0.15) is 18.4 Å². The van der Waals surface area contributed by atoms with Gasteiger partial charge in [-0.25, -0.2) is 0 Å². The number of carbonyl (C=O) groups is 1. The minimum atomic E-state index is -0.156. The second-order valence-electron chi connectivity index (χ2n) is 7.10. The first-order chi connectivity index (χ1) is 14.3. The summed E-state index contributed by atoms with van der Waals surface area (Å²) in [4.78, 5) is 14.4. The molecular formula is C22H24N4O3. The summed E-state index contributed by atoms with van der Waals surface area (Å²) in [6, 6.07) is 19.8. The summed E-state index contributed by atoms with van der Waals surface area (Å²) in [5, 5.41) is 10.6. The van der Waals surface area contributed by atoms with Crippen LogP contribution in [-0.4, -0.2) is 46.7 Å². The third kappa shape index (κ3) is 5.49. The number of rotatable bonds is 7. The summed E-state index contributed by atoms with van der Waals surface area (Å²) < 4.78 is 11.5. The Morgan fingerprint density at radius 2 is 1.72 bits per heavy atom. The molecule has 4 rings (SSSR count). The van der Waals surface area contributed by atoms with Gasteiger partial charge >= 0.3 is 6.01 Å². The van der Waals surface area contributed by atoms with Gasteiger partial charge in [-0.3, -0.25) is 15.0 Å². The minimum Gasteiger partial charge on any atom is -0.403 e. The molecule has 0 bridgehead atoms. The van der Waals surface area contributed by atoms with Crippen molar-refractivity contribution < 1.29 is 13.9 Å². The molecule has 1 amide bonds. The van der Waals surface area contributed by atoms with Crippen LogP contribution in [0, 0.1) is 0 Å². The third-order valence-electron chi connectivity index (χ3n) is 4.92. The van der Waals surface area contributed by atoms with Crippen molar-refractivity contribution in [2.24, 2.45) is 0 Å². The van der Waals surface area contributed by atoms with E-state index >= 15 is 0 Å². The van der Waals surface area contributed by atoms with E-state index in [1.807, 2.05) is 48.5 Å². The normalized spacial score (nSPS) is 15.3. The van der Waals surface area contributed by atoms with Gasteiger partial charge in [0.2, 0.25) is 11.8 Å². The van der Waals surface area contributed by atoms with Crippen molar-refractivity contribution in [3.05, 3.63) is 66.2 Å². The molecule has 0 radical (unpaired) electrons. The SMILES string of the molecule is O=C(CN1CCC(OCc2ccccc2)CC1)Nc1nnc(-c2ccccc2)o1. The molecule has 7 heteroatoms. The molecule has 1 aliphatic heterocycles. The molecule has 1 fully saturated rings. The first kappa shape index (κ1) is 19.3. The Labute approximate surface area is 169 Å². The molecule has 1 aliphatic rings. The first-order valence-electron chi connectivity index (χ1n) is 9.83. The lowest BCUT2D eigenvalue weighted by Crippen LogP contribution is -2.41. The van der Waals surface area contributed by atoms with E-state index in [4.69, 9.17) is 9.15 Å². The van der Waals surface area contributed by atoms with Gasteiger partial charge in [0, 0.05) is 18.7 Å². The summed E-state index contributed by atoms with van der Waals surface area (Å²) >= 11 is 0. The van der Waals surface area contributed by atoms with Crippen molar-refractivity contribution in [1.82, 2.24) is 15.1 Å². The van der Waals surface area contributed by atoms with Crippen LogP contribution >= 0.6 is 0 Å². The summed E-state index contributed by atoms with van der Waals surface area (Å²) in [6.07, 6.45) is 2.07. The Morgan fingerprint density at radius 1 is 1.03 bits per heavy atom. The lowest BCUT2D eigenvalue weighted by Gasteiger charge is -2.31. The second kappa shape index (κ2) is 9.45. The van der Waals surface area contributed by atoms with Crippen molar-refractivity contribution in [2.75, 3.05) is 25.0 Å². The molecule has 2 heterocycles. The van der Waals surface area contributed by atoms with E-state index in [1.54, 1.807) is 0 Å². The molecule has 7 nitrogen and oxygen atoms in total. The van der Waals surface area contributed by atoms with Gasteiger partial charge in [0.25, 0.3) is 0 Å². The molecule has 29 heavy (non-hydrogen) atoms. The zero-order valence-electron chi connectivity index (χ0n) is 16.2. The van der Waals surface area contributed by atoms with E-state index in [0.29, 0.717) is 19.0 Å². The van der Waals surface area contributed by atoms with Crippen LogP contribution in [0.5, 0.6) is 0 Å². The summed E-state index contributed by atoms with van der Waals surface area (Å²) in [6.45, 7) is 2.58. The molecule has 0 saturated carbocycles. The van der Waals surface area contributed by atoms with Crippen molar-refractivity contribution in [3.63, 3.8) is 0 Å². The van der Waals surface area contributed by atoms with E-state index in [1.165, 1.54) is 5.56 Å². The highest BCUT2D eigenvalue weighted by Gasteiger charge is 2.22. The van der Waals surface area contributed by atoms with Gasteiger partial charge in [-0.1, -0.05) is 53.6 Å². The fourth-order valence-corrected chi connectivity index (χ4v) is 3.36.